The van der Waals surface area contributed by atoms with Crippen LogP contribution in [0.25, 0.3) is 27.6 Å². The van der Waals surface area contributed by atoms with Crippen LogP contribution in [0.3, 0.4) is 0 Å². The molecular weight excluding hydrogens is 409 g/mol. The number of hydrogen-bond acceptors (Lipinski definition) is 3. The Morgan fingerprint density at radius 3 is 2.55 bits per heavy atom. The van der Waals surface area contributed by atoms with Gasteiger partial charge < -0.3 is 10.1 Å². The van der Waals surface area contributed by atoms with Crippen molar-refractivity contribution in [2.24, 2.45) is 13.0 Å². The first-order valence-electron chi connectivity index (χ1n) is 9.82. The second-order valence-electron chi connectivity index (χ2n) is 7.77. The summed E-state index contributed by atoms with van der Waals surface area (Å²) in [5.74, 6) is 0.173. The van der Waals surface area contributed by atoms with Gasteiger partial charge in [-0.25, -0.2) is 0 Å². The number of amides is 1. The molecule has 0 spiro atoms. The molecule has 31 heavy (non-hydrogen) atoms. The van der Waals surface area contributed by atoms with E-state index in [9.17, 15) is 18.0 Å². The van der Waals surface area contributed by atoms with Gasteiger partial charge in [-0.2, -0.15) is 18.3 Å². The van der Waals surface area contributed by atoms with Crippen molar-refractivity contribution in [2.75, 3.05) is 19.8 Å². The molecule has 1 amide bonds. The summed E-state index contributed by atoms with van der Waals surface area (Å²) in [6, 6.07) is 10.3. The lowest BCUT2D eigenvalue weighted by Gasteiger charge is -2.25. The molecule has 4 aromatic rings. The molecule has 0 saturated carbocycles. The molecule has 5 rings (SSSR count). The lowest BCUT2D eigenvalue weighted by molar-refractivity contribution is -0.137. The number of benzene rings is 2. The van der Waals surface area contributed by atoms with Gasteiger partial charge in [0.1, 0.15) is 0 Å². The van der Waals surface area contributed by atoms with E-state index < -0.39 is 11.7 Å². The Labute approximate surface area is 175 Å². The van der Waals surface area contributed by atoms with Crippen LogP contribution < -0.4 is 5.32 Å². The highest BCUT2D eigenvalue weighted by molar-refractivity contribution is 6.10. The number of carbonyl (C=O) groups excluding carboxylic acids is 1. The number of fused-ring (bicyclic) bond motifs is 3. The van der Waals surface area contributed by atoms with Crippen molar-refractivity contribution in [2.45, 2.75) is 6.18 Å². The summed E-state index contributed by atoms with van der Waals surface area (Å²) < 4.78 is 47.5. The third-order valence-electron chi connectivity index (χ3n) is 5.52. The second-order valence-corrected chi connectivity index (χ2v) is 7.77. The van der Waals surface area contributed by atoms with Crippen LogP contribution in [0, 0.1) is 5.92 Å². The normalized spacial score (nSPS) is 14.8. The first kappa shape index (κ1) is 19.6. The number of aryl methyl sites for hydroxylation is 1. The number of carbonyl (C=O) groups is 1. The van der Waals surface area contributed by atoms with Crippen LogP contribution in [0.1, 0.15) is 15.9 Å². The molecule has 0 atom stereocenters. The van der Waals surface area contributed by atoms with Crippen molar-refractivity contribution in [1.29, 1.82) is 0 Å². The summed E-state index contributed by atoms with van der Waals surface area (Å²) in [4.78, 5) is 12.6. The first-order chi connectivity index (χ1) is 14.8. The fraction of sp³-hybridized carbons (Fsp3) is 0.273. The van der Waals surface area contributed by atoms with E-state index in [2.05, 4.69) is 10.4 Å². The minimum absolute atomic E-state index is 0.173. The third-order valence-corrected chi connectivity index (χ3v) is 5.52. The summed E-state index contributed by atoms with van der Waals surface area (Å²) in [5, 5.41) is 9.05. The topological polar surface area (TPSA) is 61.1 Å². The van der Waals surface area contributed by atoms with Gasteiger partial charge in [0.25, 0.3) is 5.91 Å². The van der Waals surface area contributed by atoms with Gasteiger partial charge in [-0.1, -0.05) is 0 Å². The molecule has 1 aliphatic rings. The van der Waals surface area contributed by atoms with Crippen molar-refractivity contribution in [3.8, 4) is 5.69 Å². The Hall–Kier alpha value is -3.33. The molecule has 0 bridgehead atoms. The van der Waals surface area contributed by atoms with Gasteiger partial charge >= 0.3 is 6.18 Å². The number of hydrogen-bond donors (Lipinski definition) is 1. The van der Waals surface area contributed by atoms with Crippen LogP contribution in [0.5, 0.6) is 0 Å². The lowest BCUT2D eigenvalue weighted by atomic mass is 10.1. The molecule has 6 nitrogen and oxygen atoms in total. The highest BCUT2D eigenvalue weighted by Gasteiger charge is 2.30. The zero-order valence-electron chi connectivity index (χ0n) is 16.6. The van der Waals surface area contributed by atoms with Gasteiger partial charge in [0.2, 0.25) is 0 Å². The number of nitrogens with one attached hydrogen (secondary N) is 1. The molecule has 1 N–H and O–H groups in total. The molecule has 0 unspecified atom stereocenters. The smallest absolute Gasteiger partial charge is 0.381 e. The maximum absolute atomic E-state index is 13.0. The molecule has 1 fully saturated rings. The Morgan fingerprint density at radius 1 is 1.16 bits per heavy atom. The summed E-state index contributed by atoms with van der Waals surface area (Å²) in [5.41, 5.74) is 1.75. The van der Waals surface area contributed by atoms with E-state index in [-0.39, 0.29) is 5.91 Å². The van der Waals surface area contributed by atoms with Crippen molar-refractivity contribution in [3.63, 3.8) is 0 Å². The van der Waals surface area contributed by atoms with Gasteiger partial charge in [-0.3, -0.25) is 14.0 Å². The van der Waals surface area contributed by atoms with E-state index in [1.54, 1.807) is 34.5 Å². The first-order valence-corrected chi connectivity index (χ1v) is 9.82. The Balaban J connectivity index is 1.57. The van der Waals surface area contributed by atoms with Crippen LogP contribution in [0.15, 0.2) is 48.7 Å². The Kier molecular flexibility index (Phi) is 4.51. The molecular formula is C22H19F3N4O2. The summed E-state index contributed by atoms with van der Waals surface area (Å²) in [6.45, 7) is 1.88. The average molecular weight is 428 g/mol. The van der Waals surface area contributed by atoms with E-state index in [0.717, 1.165) is 28.4 Å². The van der Waals surface area contributed by atoms with Crippen molar-refractivity contribution < 1.29 is 22.7 Å². The van der Waals surface area contributed by atoms with E-state index in [0.29, 0.717) is 42.6 Å². The van der Waals surface area contributed by atoms with Crippen LogP contribution >= 0.6 is 0 Å². The van der Waals surface area contributed by atoms with Crippen molar-refractivity contribution in [1.82, 2.24) is 19.7 Å². The SMILES string of the molecule is Cn1cc2c3cc(C(=O)NCC4COC4)ccc3n(-c3ccc(C(F)(F)F)cc3)c2n1. The van der Waals surface area contributed by atoms with Gasteiger partial charge in [-0.05, 0) is 42.5 Å². The molecule has 1 saturated heterocycles. The third kappa shape index (κ3) is 3.44. The van der Waals surface area contributed by atoms with Gasteiger partial charge in [0.15, 0.2) is 5.65 Å². The molecule has 3 heterocycles. The van der Waals surface area contributed by atoms with Gasteiger partial charge in [0, 0.05) is 47.7 Å². The maximum atomic E-state index is 13.0. The molecule has 9 heteroatoms. The maximum Gasteiger partial charge on any atom is 0.416 e. The molecule has 0 radical (unpaired) electrons. The number of halogens is 3. The minimum Gasteiger partial charge on any atom is -0.381 e. The summed E-state index contributed by atoms with van der Waals surface area (Å²) >= 11 is 0. The van der Waals surface area contributed by atoms with Crippen LogP contribution in [0.4, 0.5) is 13.2 Å². The zero-order chi connectivity index (χ0) is 21.8. The average Bonchev–Trinajstić information content (AvgIpc) is 3.20. The fourth-order valence-electron chi connectivity index (χ4n) is 3.84. The number of nitrogens with zero attached hydrogens (tertiary/aromatic N) is 3. The highest BCUT2D eigenvalue weighted by Crippen LogP contribution is 2.34. The fourth-order valence-corrected chi connectivity index (χ4v) is 3.84. The lowest BCUT2D eigenvalue weighted by Crippen LogP contribution is -2.39. The minimum atomic E-state index is -4.40. The number of rotatable bonds is 4. The largest absolute Gasteiger partial charge is 0.416 e. The van der Waals surface area contributed by atoms with E-state index in [1.807, 2.05) is 6.20 Å². The predicted octanol–water partition coefficient (Wildman–Crippen LogP) is 3.91. The predicted molar refractivity (Wildman–Crippen MR) is 109 cm³/mol. The van der Waals surface area contributed by atoms with Crippen LogP contribution in [-0.2, 0) is 18.0 Å². The monoisotopic (exact) mass is 428 g/mol. The zero-order valence-corrected chi connectivity index (χ0v) is 16.6. The van der Waals surface area contributed by atoms with Crippen molar-refractivity contribution >= 4 is 27.8 Å². The summed E-state index contributed by atoms with van der Waals surface area (Å²) in [7, 11) is 1.78. The molecule has 2 aromatic carbocycles. The van der Waals surface area contributed by atoms with Crippen LogP contribution in [-0.4, -0.2) is 40.0 Å². The highest BCUT2D eigenvalue weighted by atomic mass is 19.4. The summed E-state index contributed by atoms with van der Waals surface area (Å²) in [6.07, 6.45) is -2.56. The molecule has 160 valence electrons. The number of aromatic nitrogens is 3. The van der Waals surface area contributed by atoms with Gasteiger partial charge in [0.05, 0.1) is 24.3 Å². The number of ether oxygens (including phenoxy) is 1. The van der Waals surface area contributed by atoms with Gasteiger partial charge in [-0.15, -0.1) is 0 Å². The van der Waals surface area contributed by atoms with E-state index in [4.69, 9.17) is 4.74 Å². The molecule has 2 aromatic heterocycles. The second kappa shape index (κ2) is 7.12. The van der Waals surface area contributed by atoms with E-state index in [1.165, 1.54) is 12.1 Å². The number of alkyl halides is 3. The standard InChI is InChI=1S/C22H19F3N4O2/c1-28-10-18-17-8-14(21(30)26-9-13-11-31-12-13)2-7-19(17)29(20(18)27-28)16-5-3-15(4-6-16)22(23,24)25/h2-8,10,13H,9,11-12H2,1H3,(H,26,30). The quantitative estimate of drug-likeness (QED) is 0.536. The Morgan fingerprint density at radius 2 is 1.90 bits per heavy atom. The molecule has 0 aliphatic carbocycles. The van der Waals surface area contributed by atoms with Crippen LogP contribution in [0.2, 0.25) is 0 Å². The molecule has 1 aliphatic heterocycles. The van der Waals surface area contributed by atoms with E-state index >= 15 is 0 Å². The van der Waals surface area contributed by atoms with Crippen molar-refractivity contribution in [3.05, 3.63) is 59.8 Å². The Bertz CT molecular complexity index is 1280.